The second kappa shape index (κ2) is 10.8. The number of benzene rings is 3. The summed E-state index contributed by atoms with van der Waals surface area (Å²) in [5.41, 5.74) is 3.34. The van der Waals surface area contributed by atoms with Crippen molar-refractivity contribution in [2.75, 3.05) is 31.3 Å². The van der Waals surface area contributed by atoms with Crippen molar-refractivity contribution in [1.29, 1.82) is 0 Å². The highest BCUT2D eigenvalue weighted by Crippen LogP contribution is 2.13. The number of carbonyl (C=O) groups excluding carboxylic acids is 3. The smallest absolute Gasteiger partial charge is 0.253 e. The molecule has 0 aromatic heterocycles. The molecule has 7 heteroatoms. The van der Waals surface area contributed by atoms with Crippen LogP contribution in [0.25, 0.3) is 0 Å². The van der Waals surface area contributed by atoms with E-state index in [4.69, 9.17) is 0 Å². The lowest BCUT2D eigenvalue weighted by molar-refractivity contribution is -0.114. The minimum Gasteiger partial charge on any atom is -0.376 e. The number of rotatable bonds is 8. The average molecular weight is 431 g/mol. The van der Waals surface area contributed by atoms with E-state index < -0.39 is 0 Å². The molecule has 0 aliphatic heterocycles. The van der Waals surface area contributed by atoms with Crippen LogP contribution in [-0.2, 0) is 11.3 Å². The lowest BCUT2D eigenvalue weighted by Gasteiger charge is -2.12. The molecule has 3 rings (SSSR count). The van der Waals surface area contributed by atoms with E-state index in [1.807, 2.05) is 30.3 Å². The first kappa shape index (κ1) is 22.6. The zero-order chi connectivity index (χ0) is 22.9. The minimum atomic E-state index is -0.240. The van der Waals surface area contributed by atoms with Gasteiger partial charge in [0, 0.05) is 43.1 Å². The molecule has 32 heavy (non-hydrogen) atoms. The molecule has 3 aromatic carbocycles. The molecule has 3 N–H and O–H groups in total. The number of hydrogen-bond acceptors (Lipinski definition) is 4. The van der Waals surface area contributed by atoms with Gasteiger partial charge in [0.15, 0.2) is 0 Å². The molecular formula is C25H26N4O3. The predicted octanol–water partition coefficient (Wildman–Crippen LogP) is 3.37. The summed E-state index contributed by atoms with van der Waals surface area (Å²) in [6.07, 6.45) is 0. The van der Waals surface area contributed by atoms with Gasteiger partial charge >= 0.3 is 0 Å². The largest absolute Gasteiger partial charge is 0.376 e. The van der Waals surface area contributed by atoms with Crippen LogP contribution in [0.5, 0.6) is 0 Å². The van der Waals surface area contributed by atoms with Crippen molar-refractivity contribution in [3.8, 4) is 0 Å². The Morgan fingerprint density at radius 3 is 2.19 bits per heavy atom. The summed E-state index contributed by atoms with van der Waals surface area (Å²) < 4.78 is 0. The quantitative estimate of drug-likeness (QED) is 0.511. The molecule has 0 aliphatic rings. The van der Waals surface area contributed by atoms with E-state index in [9.17, 15) is 14.4 Å². The maximum Gasteiger partial charge on any atom is 0.253 e. The number of hydrogen-bond donors (Lipinski definition) is 3. The summed E-state index contributed by atoms with van der Waals surface area (Å²) in [6.45, 7) is 0.478. The first-order valence-corrected chi connectivity index (χ1v) is 10.2. The fraction of sp³-hybridized carbons (Fsp3) is 0.160. The van der Waals surface area contributed by atoms with Crippen molar-refractivity contribution in [2.24, 2.45) is 0 Å². The molecule has 0 fully saturated rings. The Balaban J connectivity index is 1.50. The summed E-state index contributed by atoms with van der Waals surface area (Å²) >= 11 is 0. The molecule has 0 spiro atoms. The van der Waals surface area contributed by atoms with Gasteiger partial charge in [-0.2, -0.15) is 0 Å². The van der Waals surface area contributed by atoms with Crippen molar-refractivity contribution in [1.82, 2.24) is 10.2 Å². The Kier molecular flexibility index (Phi) is 7.59. The number of nitrogens with one attached hydrogen (secondary N) is 3. The number of nitrogens with zero attached hydrogens (tertiary/aromatic N) is 1. The van der Waals surface area contributed by atoms with Gasteiger partial charge in [0.05, 0.1) is 6.54 Å². The van der Waals surface area contributed by atoms with Gasteiger partial charge in [-0.05, 0) is 48.0 Å². The summed E-state index contributed by atoms with van der Waals surface area (Å²) in [4.78, 5) is 38.1. The van der Waals surface area contributed by atoms with Gasteiger partial charge in [-0.25, -0.2) is 0 Å². The van der Waals surface area contributed by atoms with Crippen LogP contribution in [0.15, 0.2) is 78.9 Å². The van der Waals surface area contributed by atoms with Crippen LogP contribution in [0.4, 0.5) is 11.4 Å². The van der Waals surface area contributed by atoms with E-state index in [0.717, 1.165) is 5.56 Å². The average Bonchev–Trinajstić information content (AvgIpc) is 2.82. The predicted molar refractivity (Wildman–Crippen MR) is 126 cm³/mol. The summed E-state index contributed by atoms with van der Waals surface area (Å²) in [6, 6.07) is 23.4. The Bertz CT molecular complexity index is 1080. The van der Waals surface area contributed by atoms with Crippen molar-refractivity contribution in [2.45, 2.75) is 6.54 Å². The maximum absolute atomic E-state index is 12.4. The first-order valence-electron chi connectivity index (χ1n) is 10.2. The fourth-order valence-corrected chi connectivity index (χ4v) is 2.99. The molecule has 3 amide bonds. The Morgan fingerprint density at radius 2 is 1.50 bits per heavy atom. The van der Waals surface area contributed by atoms with E-state index in [1.54, 1.807) is 62.6 Å². The number of anilines is 2. The molecular weight excluding hydrogens is 404 g/mol. The van der Waals surface area contributed by atoms with Gasteiger partial charge in [0.1, 0.15) is 0 Å². The zero-order valence-electron chi connectivity index (χ0n) is 18.1. The van der Waals surface area contributed by atoms with Crippen molar-refractivity contribution in [3.05, 3.63) is 95.6 Å². The van der Waals surface area contributed by atoms with Gasteiger partial charge in [-0.3, -0.25) is 14.4 Å². The van der Waals surface area contributed by atoms with Crippen LogP contribution in [0.3, 0.4) is 0 Å². The number of carbonyl (C=O) groups is 3. The Hall–Kier alpha value is -4.13. The molecule has 164 valence electrons. The van der Waals surface area contributed by atoms with Crippen LogP contribution in [0.2, 0.25) is 0 Å². The van der Waals surface area contributed by atoms with E-state index in [-0.39, 0.29) is 24.3 Å². The van der Waals surface area contributed by atoms with E-state index >= 15 is 0 Å². The number of amides is 3. The van der Waals surface area contributed by atoms with Crippen LogP contribution in [0, 0.1) is 0 Å². The highest BCUT2D eigenvalue weighted by atomic mass is 16.2. The van der Waals surface area contributed by atoms with E-state index in [1.165, 1.54) is 4.90 Å². The SMILES string of the molecule is CN(C)C(=O)c1ccc(NC(=O)CNc2cccc(C(=O)NCc3ccccc3)c2)cc1. The summed E-state index contributed by atoms with van der Waals surface area (Å²) in [7, 11) is 3.37. The lowest BCUT2D eigenvalue weighted by Crippen LogP contribution is -2.24. The van der Waals surface area contributed by atoms with Crippen molar-refractivity contribution < 1.29 is 14.4 Å². The van der Waals surface area contributed by atoms with Gasteiger partial charge in [-0.1, -0.05) is 36.4 Å². The second-order valence-electron chi connectivity index (χ2n) is 7.43. The second-order valence-corrected chi connectivity index (χ2v) is 7.43. The molecule has 0 unspecified atom stereocenters. The highest BCUT2D eigenvalue weighted by molar-refractivity contribution is 5.97. The van der Waals surface area contributed by atoms with Gasteiger partial charge in [0.2, 0.25) is 5.91 Å². The third-order valence-corrected chi connectivity index (χ3v) is 4.70. The molecule has 0 saturated carbocycles. The maximum atomic E-state index is 12.4. The van der Waals surface area contributed by atoms with Crippen LogP contribution in [0.1, 0.15) is 26.3 Å². The fourth-order valence-electron chi connectivity index (χ4n) is 2.99. The zero-order valence-corrected chi connectivity index (χ0v) is 18.1. The molecule has 0 radical (unpaired) electrons. The van der Waals surface area contributed by atoms with Crippen molar-refractivity contribution in [3.63, 3.8) is 0 Å². The van der Waals surface area contributed by atoms with Crippen molar-refractivity contribution >= 4 is 29.1 Å². The lowest BCUT2D eigenvalue weighted by atomic mass is 10.1. The van der Waals surface area contributed by atoms with Gasteiger partial charge in [0.25, 0.3) is 11.8 Å². The molecule has 7 nitrogen and oxygen atoms in total. The molecule has 0 atom stereocenters. The summed E-state index contributed by atoms with van der Waals surface area (Å²) in [5.74, 6) is -0.526. The highest BCUT2D eigenvalue weighted by Gasteiger charge is 2.09. The monoisotopic (exact) mass is 430 g/mol. The van der Waals surface area contributed by atoms with E-state index in [0.29, 0.717) is 29.0 Å². The third-order valence-electron chi connectivity index (χ3n) is 4.70. The molecule has 0 bridgehead atoms. The Morgan fingerprint density at radius 1 is 0.781 bits per heavy atom. The van der Waals surface area contributed by atoms with Gasteiger partial charge in [-0.15, -0.1) is 0 Å². The van der Waals surface area contributed by atoms with Gasteiger partial charge < -0.3 is 20.9 Å². The summed E-state index contributed by atoms with van der Waals surface area (Å²) in [5, 5.41) is 8.69. The normalized spacial score (nSPS) is 10.2. The topological polar surface area (TPSA) is 90.5 Å². The molecule has 0 heterocycles. The first-order chi connectivity index (χ1) is 15.4. The van der Waals surface area contributed by atoms with Crippen LogP contribution >= 0.6 is 0 Å². The molecule has 0 aliphatic carbocycles. The third kappa shape index (κ3) is 6.43. The van der Waals surface area contributed by atoms with E-state index in [2.05, 4.69) is 16.0 Å². The van der Waals surface area contributed by atoms with Crippen LogP contribution < -0.4 is 16.0 Å². The molecule has 3 aromatic rings. The van der Waals surface area contributed by atoms with Crippen LogP contribution in [-0.4, -0.2) is 43.3 Å². The molecule has 0 saturated heterocycles. The Labute approximate surface area is 187 Å². The minimum absolute atomic E-state index is 0.0352. The standard InChI is InChI=1S/C25H26N4O3/c1-29(2)25(32)19-11-13-21(14-12-19)28-23(30)17-26-22-10-6-9-20(15-22)24(31)27-16-18-7-4-3-5-8-18/h3-15,26H,16-17H2,1-2H3,(H,27,31)(H,28,30).